The molecule has 0 bridgehead atoms. The Bertz CT molecular complexity index is 349. The van der Waals surface area contributed by atoms with Crippen molar-refractivity contribution in [2.24, 2.45) is 5.73 Å². The first-order chi connectivity index (χ1) is 7.41. The number of benzene rings is 1. The second kappa shape index (κ2) is 5.97. The predicted octanol–water partition coefficient (Wildman–Crippen LogP) is 2.69. The minimum absolute atomic E-state index is 0. The number of halogens is 4. The summed E-state index contributed by atoms with van der Waals surface area (Å²) in [4.78, 5) is 0. The molecular formula is C10H13ClF3NO2. The van der Waals surface area contributed by atoms with Crippen molar-refractivity contribution in [2.45, 2.75) is 12.2 Å². The van der Waals surface area contributed by atoms with Crippen LogP contribution in [0.5, 0.6) is 11.5 Å². The second-order valence-corrected chi connectivity index (χ2v) is 3.10. The maximum Gasteiger partial charge on any atom is 0.407 e. The number of alkyl halides is 3. The molecule has 0 saturated carbocycles. The molecule has 0 aliphatic carbocycles. The number of hydrogen-bond donors (Lipinski definition) is 1. The van der Waals surface area contributed by atoms with Crippen molar-refractivity contribution < 1.29 is 22.6 Å². The highest BCUT2D eigenvalue weighted by Crippen LogP contribution is 2.40. The third-order valence-corrected chi connectivity index (χ3v) is 2.13. The third kappa shape index (κ3) is 3.41. The molecule has 3 nitrogen and oxygen atoms in total. The summed E-state index contributed by atoms with van der Waals surface area (Å²) in [7, 11) is 2.56. The normalized spacial score (nSPS) is 12.6. The van der Waals surface area contributed by atoms with Gasteiger partial charge in [0.2, 0.25) is 0 Å². The van der Waals surface area contributed by atoms with E-state index < -0.39 is 12.2 Å². The molecule has 1 atom stereocenters. The second-order valence-electron chi connectivity index (χ2n) is 3.10. The van der Waals surface area contributed by atoms with Crippen LogP contribution in [-0.4, -0.2) is 20.4 Å². The van der Waals surface area contributed by atoms with Gasteiger partial charge in [-0.2, -0.15) is 13.2 Å². The van der Waals surface area contributed by atoms with Gasteiger partial charge in [0.05, 0.1) is 19.8 Å². The lowest BCUT2D eigenvalue weighted by molar-refractivity contribution is -0.149. The van der Waals surface area contributed by atoms with Crippen LogP contribution in [0.3, 0.4) is 0 Å². The van der Waals surface area contributed by atoms with E-state index in [2.05, 4.69) is 0 Å². The average Bonchev–Trinajstić information content (AvgIpc) is 2.25. The van der Waals surface area contributed by atoms with Crippen LogP contribution in [0.2, 0.25) is 0 Å². The lowest BCUT2D eigenvalue weighted by Gasteiger charge is -2.20. The number of nitrogens with two attached hydrogens (primary N) is 1. The SMILES string of the molecule is COc1cccc(OC)c1C(N)C(F)(F)F.Cl. The van der Waals surface area contributed by atoms with Crippen molar-refractivity contribution in [3.63, 3.8) is 0 Å². The molecule has 17 heavy (non-hydrogen) atoms. The van der Waals surface area contributed by atoms with Gasteiger partial charge in [0, 0.05) is 0 Å². The molecule has 0 fully saturated rings. The Kier molecular flexibility index (Phi) is 5.57. The van der Waals surface area contributed by atoms with E-state index in [1.54, 1.807) is 0 Å². The Morgan fingerprint density at radius 3 is 1.82 bits per heavy atom. The zero-order valence-corrected chi connectivity index (χ0v) is 10.1. The van der Waals surface area contributed by atoms with E-state index in [4.69, 9.17) is 15.2 Å². The van der Waals surface area contributed by atoms with Gasteiger partial charge in [-0.1, -0.05) is 6.07 Å². The molecule has 0 aromatic heterocycles. The summed E-state index contributed by atoms with van der Waals surface area (Å²) in [5.74, 6) is 0.119. The molecule has 1 unspecified atom stereocenters. The van der Waals surface area contributed by atoms with Gasteiger partial charge >= 0.3 is 6.18 Å². The highest BCUT2D eigenvalue weighted by Gasteiger charge is 2.41. The van der Waals surface area contributed by atoms with Crippen molar-refractivity contribution >= 4 is 12.4 Å². The van der Waals surface area contributed by atoms with Crippen LogP contribution >= 0.6 is 12.4 Å². The molecule has 0 amide bonds. The maximum absolute atomic E-state index is 12.5. The van der Waals surface area contributed by atoms with Crippen LogP contribution in [0, 0.1) is 0 Å². The first-order valence-corrected chi connectivity index (χ1v) is 4.45. The largest absolute Gasteiger partial charge is 0.496 e. The molecule has 1 rings (SSSR count). The van der Waals surface area contributed by atoms with Gasteiger partial charge < -0.3 is 15.2 Å². The molecule has 7 heteroatoms. The quantitative estimate of drug-likeness (QED) is 0.919. The first kappa shape index (κ1) is 15.9. The summed E-state index contributed by atoms with van der Waals surface area (Å²) in [5, 5.41) is 0. The molecule has 2 N–H and O–H groups in total. The summed E-state index contributed by atoms with van der Waals surface area (Å²) in [6.07, 6.45) is -4.54. The van der Waals surface area contributed by atoms with Crippen LogP contribution < -0.4 is 15.2 Å². The summed E-state index contributed by atoms with van der Waals surface area (Å²) < 4.78 is 47.3. The molecule has 0 spiro atoms. The fourth-order valence-electron chi connectivity index (χ4n) is 1.35. The van der Waals surface area contributed by atoms with Crippen LogP contribution in [0.1, 0.15) is 11.6 Å². The molecular weight excluding hydrogens is 259 g/mol. The van der Waals surface area contributed by atoms with Gasteiger partial charge in [-0.25, -0.2) is 0 Å². The predicted molar refractivity (Wildman–Crippen MR) is 59.8 cm³/mol. The Balaban J connectivity index is 0.00000256. The van der Waals surface area contributed by atoms with Gasteiger partial charge in [0.15, 0.2) is 0 Å². The van der Waals surface area contributed by atoms with Gasteiger partial charge in [-0.05, 0) is 12.1 Å². The van der Waals surface area contributed by atoms with Gasteiger partial charge in [0.1, 0.15) is 17.5 Å². The van der Waals surface area contributed by atoms with E-state index in [0.29, 0.717) is 0 Å². The fraction of sp³-hybridized carbons (Fsp3) is 0.400. The number of ether oxygens (including phenoxy) is 2. The topological polar surface area (TPSA) is 44.5 Å². The molecule has 98 valence electrons. The lowest BCUT2D eigenvalue weighted by atomic mass is 10.0. The summed E-state index contributed by atoms with van der Waals surface area (Å²) in [6, 6.07) is 2.22. The highest BCUT2D eigenvalue weighted by molar-refractivity contribution is 5.85. The van der Waals surface area contributed by atoms with Crippen LogP contribution in [0.4, 0.5) is 13.2 Å². The average molecular weight is 272 g/mol. The monoisotopic (exact) mass is 271 g/mol. The van der Waals surface area contributed by atoms with Crippen molar-refractivity contribution in [2.75, 3.05) is 14.2 Å². The summed E-state index contributed by atoms with van der Waals surface area (Å²) >= 11 is 0. The minimum Gasteiger partial charge on any atom is -0.496 e. The molecule has 0 saturated heterocycles. The first-order valence-electron chi connectivity index (χ1n) is 4.45. The van der Waals surface area contributed by atoms with Crippen LogP contribution in [0.15, 0.2) is 18.2 Å². The van der Waals surface area contributed by atoms with E-state index in [9.17, 15) is 13.2 Å². The zero-order valence-electron chi connectivity index (χ0n) is 9.25. The molecule has 1 aromatic rings. The Labute approximate surface area is 103 Å². The van der Waals surface area contributed by atoms with E-state index in [-0.39, 0.29) is 29.5 Å². The van der Waals surface area contributed by atoms with Gasteiger partial charge in [-0.15, -0.1) is 12.4 Å². The fourth-order valence-corrected chi connectivity index (χ4v) is 1.35. The zero-order chi connectivity index (χ0) is 12.3. The van der Waals surface area contributed by atoms with Crippen LogP contribution in [0.25, 0.3) is 0 Å². The van der Waals surface area contributed by atoms with Crippen molar-refractivity contribution in [3.05, 3.63) is 23.8 Å². The number of rotatable bonds is 3. The highest BCUT2D eigenvalue weighted by atomic mass is 35.5. The summed E-state index contributed by atoms with van der Waals surface area (Å²) in [5.41, 5.74) is 4.95. The number of hydrogen-bond acceptors (Lipinski definition) is 3. The molecule has 0 aliphatic rings. The maximum atomic E-state index is 12.5. The third-order valence-electron chi connectivity index (χ3n) is 2.13. The van der Waals surface area contributed by atoms with E-state index in [1.807, 2.05) is 0 Å². The Morgan fingerprint density at radius 1 is 1.12 bits per heavy atom. The van der Waals surface area contributed by atoms with E-state index in [0.717, 1.165) is 0 Å². The Hall–Kier alpha value is -1.14. The standard InChI is InChI=1S/C10H12F3NO2.ClH/c1-15-6-4-3-5-7(16-2)8(6)9(14)10(11,12)13;/h3-5,9H,14H2,1-2H3;1H. The van der Waals surface area contributed by atoms with Gasteiger partial charge in [-0.3, -0.25) is 0 Å². The van der Waals surface area contributed by atoms with Crippen molar-refractivity contribution in [3.8, 4) is 11.5 Å². The molecule has 0 heterocycles. The lowest BCUT2D eigenvalue weighted by Crippen LogP contribution is -2.29. The van der Waals surface area contributed by atoms with Gasteiger partial charge in [0.25, 0.3) is 0 Å². The number of methoxy groups -OCH3 is 2. The van der Waals surface area contributed by atoms with E-state index in [1.165, 1.54) is 32.4 Å². The summed E-state index contributed by atoms with van der Waals surface area (Å²) in [6.45, 7) is 0. The Morgan fingerprint density at radius 2 is 1.53 bits per heavy atom. The minimum atomic E-state index is -4.54. The molecule has 1 aromatic carbocycles. The molecule has 0 aliphatic heterocycles. The van der Waals surface area contributed by atoms with Crippen molar-refractivity contribution in [1.29, 1.82) is 0 Å². The van der Waals surface area contributed by atoms with Crippen LogP contribution in [-0.2, 0) is 0 Å². The molecule has 0 radical (unpaired) electrons. The smallest absolute Gasteiger partial charge is 0.407 e. The van der Waals surface area contributed by atoms with E-state index >= 15 is 0 Å². The van der Waals surface area contributed by atoms with Crippen molar-refractivity contribution in [1.82, 2.24) is 0 Å².